The van der Waals surface area contributed by atoms with Crippen molar-refractivity contribution in [3.8, 4) is 5.75 Å². The Morgan fingerprint density at radius 1 is 1.23 bits per heavy atom. The number of nitrogens with one attached hydrogen (secondary N) is 1. The normalized spacial score (nSPS) is 17.3. The molecule has 1 N–H and O–H groups in total. The van der Waals surface area contributed by atoms with E-state index in [1.807, 2.05) is 30.3 Å². The molecule has 0 bridgehead atoms. The smallest absolute Gasteiger partial charge is 0.239 e. The molecule has 4 rings (SSSR count). The summed E-state index contributed by atoms with van der Waals surface area (Å²) in [6.07, 6.45) is 0. The monoisotopic (exact) mass is 367 g/mol. The first kappa shape index (κ1) is 16.5. The van der Waals surface area contributed by atoms with Crippen LogP contribution in [-0.4, -0.2) is 24.7 Å². The predicted molar refractivity (Wildman–Crippen MR) is 97.6 cm³/mol. The van der Waals surface area contributed by atoms with Gasteiger partial charge in [-0.15, -0.1) is 11.6 Å². The van der Waals surface area contributed by atoms with Gasteiger partial charge in [0.1, 0.15) is 23.4 Å². The molecule has 2 aliphatic rings. The third-order valence-corrected chi connectivity index (χ3v) is 4.67. The number of hydrogen-bond acceptors (Lipinski definition) is 5. The van der Waals surface area contributed by atoms with Crippen molar-refractivity contribution < 1.29 is 14.3 Å². The molecule has 7 heteroatoms. The van der Waals surface area contributed by atoms with Crippen LogP contribution >= 0.6 is 11.6 Å². The highest BCUT2D eigenvalue weighted by Gasteiger charge is 2.42. The van der Waals surface area contributed by atoms with Crippen LogP contribution in [0.1, 0.15) is 27.5 Å². The van der Waals surface area contributed by atoms with Crippen molar-refractivity contribution >= 4 is 34.7 Å². The fourth-order valence-electron chi connectivity index (χ4n) is 3.24. The van der Waals surface area contributed by atoms with Crippen LogP contribution in [0, 0.1) is 0 Å². The first-order valence-corrected chi connectivity index (χ1v) is 8.50. The van der Waals surface area contributed by atoms with Crippen LogP contribution in [0.25, 0.3) is 5.70 Å². The summed E-state index contributed by atoms with van der Waals surface area (Å²) in [4.78, 5) is 24.7. The Hall–Kier alpha value is -2.99. The van der Waals surface area contributed by atoms with Crippen molar-refractivity contribution in [3.63, 3.8) is 0 Å². The number of alkyl halides is 1. The molecule has 2 aromatic carbocycles. The van der Waals surface area contributed by atoms with E-state index in [0.29, 0.717) is 22.5 Å². The zero-order chi connectivity index (χ0) is 18.3. The maximum atomic E-state index is 13.1. The van der Waals surface area contributed by atoms with Crippen LogP contribution in [0.2, 0.25) is 0 Å². The summed E-state index contributed by atoms with van der Waals surface area (Å²) in [5.41, 5.74) is 3.51. The minimum absolute atomic E-state index is 0.175. The van der Waals surface area contributed by atoms with Crippen molar-refractivity contribution in [1.29, 1.82) is 0 Å². The molecular weight excluding hydrogens is 354 g/mol. The SMILES string of the molecule is COc1ccc(C2=C3C(=O)c4c(NC(=O)CCl)cccc4C3N=N2)cc1. The molecule has 1 aliphatic carbocycles. The largest absolute Gasteiger partial charge is 0.497 e. The molecule has 0 saturated carbocycles. The van der Waals surface area contributed by atoms with Gasteiger partial charge in [-0.3, -0.25) is 9.59 Å². The van der Waals surface area contributed by atoms with Gasteiger partial charge in [0.25, 0.3) is 0 Å². The average Bonchev–Trinajstić information content (AvgIpc) is 3.22. The highest BCUT2D eigenvalue weighted by Crippen LogP contribution is 2.48. The summed E-state index contributed by atoms with van der Waals surface area (Å²) >= 11 is 5.56. The van der Waals surface area contributed by atoms with Gasteiger partial charge in [-0.25, -0.2) is 0 Å². The lowest BCUT2D eigenvalue weighted by Crippen LogP contribution is -2.15. The van der Waals surface area contributed by atoms with Gasteiger partial charge in [-0.05, 0) is 35.9 Å². The van der Waals surface area contributed by atoms with Gasteiger partial charge < -0.3 is 10.1 Å². The van der Waals surface area contributed by atoms with Gasteiger partial charge in [0.2, 0.25) is 5.91 Å². The van der Waals surface area contributed by atoms with Crippen LogP contribution in [0.3, 0.4) is 0 Å². The Morgan fingerprint density at radius 2 is 2.00 bits per heavy atom. The Labute approximate surface area is 154 Å². The molecule has 1 heterocycles. The van der Waals surface area contributed by atoms with Crippen LogP contribution in [-0.2, 0) is 4.79 Å². The molecule has 1 atom stereocenters. The van der Waals surface area contributed by atoms with E-state index in [4.69, 9.17) is 16.3 Å². The predicted octanol–water partition coefficient (Wildman–Crippen LogP) is 3.99. The molecule has 6 nitrogen and oxygen atoms in total. The number of methoxy groups -OCH3 is 1. The third kappa shape index (κ3) is 2.50. The van der Waals surface area contributed by atoms with Gasteiger partial charge in [0.15, 0.2) is 5.78 Å². The molecule has 1 unspecified atom stereocenters. The number of halogens is 1. The van der Waals surface area contributed by atoms with Crippen molar-refractivity contribution in [2.45, 2.75) is 6.04 Å². The van der Waals surface area contributed by atoms with E-state index in [0.717, 1.165) is 16.9 Å². The Balaban J connectivity index is 1.79. The highest BCUT2D eigenvalue weighted by atomic mass is 35.5. The standard InChI is InChI=1S/C19H14ClN3O3/c1-26-11-7-5-10(6-8-11)17-16-18(23-22-17)12-3-2-4-13(15(12)19(16)25)21-14(24)9-20/h2-8,18H,9H2,1H3,(H,21,24). The summed E-state index contributed by atoms with van der Waals surface area (Å²) in [5, 5.41) is 11.2. The minimum Gasteiger partial charge on any atom is -0.497 e. The summed E-state index contributed by atoms with van der Waals surface area (Å²) in [5.74, 6) is 0.000917. The van der Waals surface area contributed by atoms with Gasteiger partial charge >= 0.3 is 0 Å². The van der Waals surface area contributed by atoms with E-state index in [9.17, 15) is 9.59 Å². The number of anilines is 1. The number of carbonyl (C=O) groups is 2. The maximum absolute atomic E-state index is 13.1. The number of ketones is 1. The number of fused-ring (bicyclic) bond motifs is 3. The minimum atomic E-state index is -0.442. The first-order chi connectivity index (χ1) is 12.6. The second-order valence-electron chi connectivity index (χ2n) is 5.89. The summed E-state index contributed by atoms with van der Waals surface area (Å²) in [7, 11) is 1.59. The quantitative estimate of drug-likeness (QED) is 0.830. The van der Waals surface area contributed by atoms with Crippen LogP contribution in [0.5, 0.6) is 5.75 Å². The summed E-state index contributed by atoms with van der Waals surface area (Å²) in [6, 6.07) is 12.2. The lowest BCUT2D eigenvalue weighted by atomic mass is 10.0. The van der Waals surface area contributed by atoms with E-state index in [1.54, 1.807) is 19.2 Å². The van der Waals surface area contributed by atoms with Crippen molar-refractivity contribution in [2.24, 2.45) is 10.2 Å². The molecule has 26 heavy (non-hydrogen) atoms. The molecule has 1 aliphatic heterocycles. The van der Waals surface area contributed by atoms with E-state index in [1.165, 1.54) is 0 Å². The number of benzene rings is 2. The Morgan fingerprint density at radius 3 is 2.69 bits per heavy atom. The molecular formula is C19H14ClN3O3. The molecule has 0 aromatic heterocycles. The highest BCUT2D eigenvalue weighted by molar-refractivity contribution is 6.30. The maximum Gasteiger partial charge on any atom is 0.239 e. The lowest BCUT2D eigenvalue weighted by molar-refractivity contribution is -0.113. The third-order valence-electron chi connectivity index (χ3n) is 4.42. The fraction of sp³-hybridized carbons (Fsp3) is 0.158. The zero-order valence-corrected chi connectivity index (χ0v) is 14.6. The van der Waals surface area contributed by atoms with Crippen LogP contribution in [0.15, 0.2) is 58.3 Å². The zero-order valence-electron chi connectivity index (χ0n) is 13.8. The van der Waals surface area contributed by atoms with E-state index in [-0.39, 0.29) is 17.6 Å². The first-order valence-electron chi connectivity index (χ1n) is 7.97. The van der Waals surface area contributed by atoms with Crippen molar-refractivity contribution in [3.05, 3.63) is 64.7 Å². The van der Waals surface area contributed by atoms with Gasteiger partial charge in [0.05, 0.1) is 23.9 Å². The lowest BCUT2D eigenvalue weighted by Gasteiger charge is -2.08. The van der Waals surface area contributed by atoms with E-state index >= 15 is 0 Å². The molecule has 0 saturated heterocycles. The Kier molecular flexibility index (Phi) is 4.05. The molecule has 2 aromatic rings. The number of nitrogens with zero attached hydrogens (tertiary/aromatic N) is 2. The molecule has 0 fully saturated rings. The number of hydrogen-bond donors (Lipinski definition) is 1. The topological polar surface area (TPSA) is 80.1 Å². The number of Topliss-reactive ketones (excluding diaryl/α,β-unsaturated/α-hetero) is 1. The van der Waals surface area contributed by atoms with Crippen molar-refractivity contribution in [2.75, 3.05) is 18.3 Å². The second-order valence-corrected chi connectivity index (χ2v) is 6.16. The van der Waals surface area contributed by atoms with Gasteiger partial charge in [-0.1, -0.05) is 12.1 Å². The summed E-state index contributed by atoms with van der Waals surface area (Å²) in [6.45, 7) is 0. The molecule has 0 radical (unpaired) electrons. The van der Waals surface area contributed by atoms with Gasteiger partial charge in [-0.2, -0.15) is 10.2 Å². The number of rotatable bonds is 4. The molecule has 1 amide bonds. The van der Waals surface area contributed by atoms with Gasteiger partial charge in [0, 0.05) is 5.56 Å². The fourth-order valence-corrected chi connectivity index (χ4v) is 3.31. The number of azo groups is 1. The number of amides is 1. The summed E-state index contributed by atoms with van der Waals surface area (Å²) < 4.78 is 5.17. The average molecular weight is 368 g/mol. The molecule has 130 valence electrons. The van der Waals surface area contributed by atoms with Crippen LogP contribution < -0.4 is 10.1 Å². The van der Waals surface area contributed by atoms with Crippen LogP contribution in [0.4, 0.5) is 5.69 Å². The number of carbonyl (C=O) groups excluding carboxylic acids is 2. The number of ether oxygens (including phenoxy) is 1. The Bertz CT molecular complexity index is 980. The van der Waals surface area contributed by atoms with E-state index in [2.05, 4.69) is 15.5 Å². The van der Waals surface area contributed by atoms with Crippen molar-refractivity contribution in [1.82, 2.24) is 0 Å². The molecule has 0 spiro atoms. The van der Waals surface area contributed by atoms with E-state index < -0.39 is 6.04 Å². The second kappa shape index (κ2) is 6.38.